The second-order valence-corrected chi connectivity index (χ2v) is 4.25. The van der Waals surface area contributed by atoms with Crippen LogP contribution in [0.5, 0.6) is 0 Å². The lowest BCUT2D eigenvalue weighted by atomic mass is 10.3. The Morgan fingerprint density at radius 2 is 2.47 bits per heavy atom. The molecule has 0 fully saturated rings. The molecule has 1 aliphatic heterocycles. The van der Waals surface area contributed by atoms with E-state index >= 15 is 0 Å². The Bertz CT molecular complexity index is 405. The summed E-state index contributed by atoms with van der Waals surface area (Å²) in [5.74, 6) is -0.360. The summed E-state index contributed by atoms with van der Waals surface area (Å²) in [7, 11) is 0. The molecule has 0 aromatic carbocycles. The zero-order valence-electron chi connectivity index (χ0n) is 7.83. The first-order valence-corrected chi connectivity index (χ1v) is 5.87. The molecule has 0 radical (unpaired) electrons. The van der Waals surface area contributed by atoms with Gasteiger partial charge in [-0.25, -0.2) is 0 Å². The van der Waals surface area contributed by atoms with E-state index in [1.54, 1.807) is 16.3 Å². The Kier molecular flexibility index (Phi) is 2.93. The molecule has 1 aromatic heterocycles. The van der Waals surface area contributed by atoms with Crippen molar-refractivity contribution in [3.8, 4) is 0 Å². The molecule has 0 saturated carbocycles. The third kappa shape index (κ3) is 1.85. The number of alkyl halides is 1. The molecule has 0 saturated heterocycles. The third-order valence-electron chi connectivity index (χ3n) is 2.18. The van der Waals surface area contributed by atoms with Gasteiger partial charge in [-0.05, 0) is 11.4 Å². The number of nitrogens with one attached hydrogen (secondary N) is 1. The number of nitrogens with zero attached hydrogens (tertiary/aromatic N) is 1. The van der Waals surface area contributed by atoms with Crippen molar-refractivity contribution in [3.63, 3.8) is 0 Å². The van der Waals surface area contributed by atoms with Crippen LogP contribution in [0.1, 0.15) is 9.67 Å². The van der Waals surface area contributed by atoms with E-state index in [1.807, 2.05) is 0 Å². The largest absolute Gasteiger partial charge is 0.349 e. The lowest BCUT2D eigenvalue weighted by molar-refractivity contribution is -0.116. The van der Waals surface area contributed by atoms with Gasteiger partial charge >= 0.3 is 0 Å². The van der Waals surface area contributed by atoms with Crippen molar-refractivity contribution in [1.29, 1.82) is 0 Å². The van der Waals surface area contributed by atoms with Gasteiger partial charge in [-0.3, -0.25) is 9.59 Å². The first-order chi connectivity index (χ1) is 7.24. The maximum Gasteiger partial charge on any atom is 0.263 e. The van der Waals surface area contributed by atoms with Crippen LogP contribution in [-0.2, 0) is 4.79 Å². The van der Waals surface area contributed by atoms with Gasteiger partial charge < -0.3 is 10.2 Å². The van der Waals surface area contributed by atoms with Gasteiger partial charge in [-0.2, -0.15) is 0 Å². The van der Waals surface area contributed by atoms with Crippen LogP contribution in [0, 0.1) is 0 Å². The molecule has 0 bridgehead atoms. The van der Waals surface area contributed by atoms with Gasteiger partial charge in [-0.15, -0.1) is 22.9 Å². The molecule has 2 heterocycles. The average molecular weight is 245 g/mol. The maximum absolute atomic E-state index is 11.6. The van der Waals surface area contributed by atoms with E-state index in [4.69, 9.17) is 11.6 Å². The van der Waals surface area contributed by atoms with Gasteiger partial charge in [0.2, 0.25) is 5.91 Å². The Labute approximate surface area is 95.8 Å². The van der Waals surface area contributed by atoms with Crippen molar-refractivity contribution in [2.24, 2.45) is 0 Å². The minimum atomic E-state index is -0.173. The van der Waals surface area contributed by atoms with Gasteiger partial charge in [0, 0.05) is 13.1 Å². The average Bonchev–Trinajstić information content (AvgIpc) is 2.66. The van der Waals surface area contributed by atoms with Crippen LogP contribution in [0.25, 0.3) is 0 Å². The normalized spacial score (nSPS) is 15.5. The Morgan fingerprint density at radius 1 is 1.67 bits per heavy atom. The number of hydrogen-bond donors (Lipinski definition) is 1. The summed E-state index contributed by atoms with van der Waals surface area (Å²) in [6, 6.07) is 1.77. The van der Waals surface area contributed by atoms with Gasteiger partial charge in [0.25, 0.3) is 5.91 Å². The number of halogens is 1. The zero-order valence-corrected chi connectivity index (χ0v) is 9.40. The summed E-state index contributed by atoms with van der Waals surface area (Å²) in [6.07, 6.45) is 0. The fourth-order valence-corrected chi connectivity index (χ4v) is 2.45. The monoisotopic (exact) mass is 244 g/mol. The summed E-state index contributed by atoms with van der Waals surface area (Å²) in [4.78, 5) is 25.2. The molecule has 2 amide bonds. The number of amides is 2. The van der Waals surface area contributed by atoms with Crippen molar-refractivity contribution in [3.05, 3.63) is 16.3 Å². The predicted octanol–water partition coefficient (Wildman–Crippen LogP) is 1.06. The number of thiophene rings is 1. The Balaban J connectivity index is 2.40. The van der Waals surface area contributed by atoms with Crippen molar-refractivity contribution >= 4 is 40.4 Å². The molecular formula is C9H9ClN2O2S. The molecule has 6 heteroatoms. The van der Waals surface area contributed by atoms with Crippen molar-refractivity contribution < 1.29 is 9.59 Å². The van der Waals surface area contributed by atoms with Crippen LogP contribution in [0.4, 0.5) is 5.69 Å². The molecule has 4 nitrogen and oxygen atoms in total. The van der Waals surface area contributed by atoms with E-state index in [9.17, 15) is 9.59 Å². The molecule has 15 heavy (non-hydrogen) atoms. The molecule has 0 spiro atoms. The van der Waals surface area contributed by atoms with Crippen LogP contribution in [0.3, 0.4) is 0 Å². The standard InChI is InChI=1S/C9H9ClN2O2S/c10-5-7(13)12-3-2-11-9(14)8-6(12)1-4-15-8/h1,4H,2-3,5H2,(H,11,14). The summed E-state index contributed by atoms with van der Waals surface area (Å²) < 4.78 is 0. The smallest absolute Gasteiger partial charge is 0.263 e. The first kappa shape index (κ1) is 10.4. The minimum absolute atomic E-state index is 0.0660. The molecule has 0 aliphatic carbocycles. The number of hydrogen-bond acceptors (Lipinski definition) is 3. The molecule has 1 aromatic rings. The number of anilines is 1. The molecule has 80 valence electrons. The lowest BCUT2D eigenvalue weighted by Gasteiger charge is -2.18. The lowest BCUT2D eigenvalue weighted by Crippen LogP contribution is -2.35. The molecular weight excluding hydrogens is 236 g/mol. The zero-order chi connectivity index (χ0) is 10.8. The van der Waals surface area contributed by atoms with Crippen LogP contribution in [-0.4, -0.2) is 30.8 Å². The van der Waals surface area contributed by atoms with Crippen molar-refractivity contribution in [2.45, 2.75) is 0 Å². The highest BCUT2D eigenvalue weighted by Gasteiger charge is 2.25. The second-order valence-electron chi connectivity index (χ2n) is 3.07. The van der Waals surface area contributed by atoms with E-state index in [1.165, 1.54) is 11.3 Å². The van der Waals surface area contributed by atoms with E-state index in [2.05, 4.69) is 5.32 Å². The van der Waals surface area contributed by atoms with Gasteiger partial charge in [0.05, 0.1) is 5.69 Å². The highest BCUT2D eigenvalue weighted by atomic mass is 35.5. The molecule has 1 N–H and O–H groups in total. The van der Waals surface area contributed by atoms with Gasteiger partial charge in [0.1, 0.15) is 10.8 Å². The van der Waals surface area contributed by atoms with Gasteiger partial charge in [-0.1, -0.05) is 0 Å². The Hall–Kier alpha value is -1.07. The quantitative estimate of drug-likeness (QED) is 0.751. The number of carbonyl (C=O) groups is 2. The van der Waals surface area contributed by atoms with Crippen LogP contribution >= 0.6 is 22.9 Å². The maximum atomic E-state index is 11.6. The van der Waals surface area contributed by atoms with Crippen LogP contribution in [0.2, 0.25) is 0 Å². The third-order valence-corrected chi connectivity index (χ3v) is 3.31. The second kappa shape index (κ2) is 4.20. The number of fused-ring (bicyclic) bond motifs is 1. The fraction of sp³-hybridized carbons (Fsp3) is 0.333. The predicted molar refractivity (Wildman–Crippen MR) is 59.7 cm³/mol. The summed E-state index contributed by atoms with van der Waals surface area (Å²) >= 11 is 6.84. The minimum Gasteiger partial charge on any atom is -0.349 e. The number of rotatable bonds is 1. The molecule has 2 rings (SSSR count). The van der Waals surface area contributed by atoms with E-state index < -0.39 is 0 Å². The summed E-state index contributed by atoms with van der Waals surface area (Å²) in [5, 5.41) is 4.53. The SMILES string of the molecule is O=C1NCCN(C(=O)CCl)c2ccsc21. The molecule has 0 atom stereocenters. The van der Waals surface area contributed by atoms with Crippen molar-refractivity contribution in [2.75, 3.05) is 23.9 Å². The first-order valence-electron chi connectivity index (χ1n) is 4.46. The van der Waals surface area contributed by atoms with Gasteiger partial charge in [0.15, 0.2) is 0 Å². The summed E-state index contributed by atoms with van der Waals surface area (Å²) in [5.41, 5.74) is 0.667. The highest BCUT2D eigenvalue weighted by Crippen LogP contribution is 2.27. The van der Waals surface area contributed by atoms with E-state index in [-0.39, 0.29) is 17.7 Å². The highest BCUT2D eigenvalue weighted by molar-refractivity contribution is 7.12. The van der Waals surface area contributed by atoms with Crippen molar-refractivity contribution in [1.82, 2.24) is 5.32 Å². The Morgan fingerprint density at radius 3 is 3.20 bits per heavy atom. The molecule has 1 aliphatic rings. The summed E-state index contributed by atoms with van der Waals surface area (Å²) in [6.45, 7) is 0.934. The molecule has 0 unspecified atom stereocenters. The van der Waals surface area contributed by atoms with E-state index in [0.717, 1.165) is 0 Å². The van der Waals surface area contributed by atoms with Crippen LogP contribution < -0.4 is 10.2 Å². The van der Waals surface area contributed by atoms with Crippen LogP contribution in [0.15, 0.2) is 11.4 Å². The topological polar surface area (TPSA) is 49.4 Å². The number of carbonyl (C=O) groups excluding carboxylic acids is 2. The fourth-order valence-electron chi connectivity index (χ4n) is 1.50. The van der Waals surface area contributed by atoms with E-state index in [0.29, 0.717) is 23.7 Å².